The lowest BCUT2D eigenvalue weighted by Crippen LogP contribution is -2.63. The fourth-order valence-corrected chi connectivity index (χ4v) is 6.01. The number of halogens is 2. The maximum atomic E-state index is 6.69. The Bertz CT molecular complexity index is 1540. The molecule has 4 aromatic carbocycles. The van der Waals surface area contributed by atoms with Gasteiger partial charge >= 0.3 is 0 Å². The summed E-state index contributed by atoms with van der Waals surface area (Å²) in [5, 5.41) is 0.663. The van der Waals surface area contributed by atoms with Gasteiger partial charge in [-0.05, 0) is 75.7 Å². The van der Waals surface area contributed by atoms with Crippen LogP contribution in [0.15, 0.2) is 97.1 Å². The highest BCUT2D eigenvalue weighted by Gasteiger charge is 2.52. The van der Waals surface area contributed by atoms with E-state index in [1.165, 1.54) is 0 Å². The Morgan fingerprint density at radius 3 is 2.02 bits per heavy atom. The lowest BCUT2D eigenvalue weighted by atomic mass is 9.97. The predicted molar refractivity (Wildman–Crippen MR) is 181 cm³/mol. The highest BCUT2D eigenvalue weighted by atomic mass is 127. The van der Waals surface area contributed by atoms with Gasteiger partial charge in [-0.3, -0.25) is 0 Å². The van der Waals surface area contributed by atoms with Crippen LogP contribution in [0.5, 0.6) is 11.5 Å². The fourth-order valence-electron chi connectivity index (χ4n) is 5.52. The summed E-state index contributed by atoms with van der Waals surface area (Å²) < 4.78 is 51.2. The van der Waals surface area contributed by atoms with Crippen LogP contribution in [-0.4, -0.2) is 51.5 Å². The molecule has 0 bridgehead atoms. The molecule has 0 saturated carbocycles. The first kappa shape index (κ1) is 33.2. The van der Waals surface area contributed by atoms with E-state index in [9.17, 15) is 0 Å². The first-order valence-corrected chi connectivity index (χ1v) is 16.5. The molecule has 0 radical (unpaired) electrons. The molecule has 8 nitrogen and oxygen atoms in total. The van der Waals surface area contributed by atoms with Crippen molar-refractivity contribution in [3.05, 3.63) is 128 Å². The molecular weight excluding hydrogens is 723 g/mol. The SMILES string of the molecule is COc1ccc(CO[C@H]2O[C@@H]3COC(c4ccccc4)O[C@H]3[C@H](OCc3ccc(Cl)cc3)[C@H]2OCc2ccc(I)cc2)cc1OC. The maximum absolute atomic E-state index is 6.69. The molecule has 2 heterocycles. The molecular formula is C36H36ClIO8. The van der Waals surface area contributed by atoms with E-state index in [1.807, 2.05) is 84.9 Å². The molecule has 6 rings (SSSR count). The lowest BCUT2D eigenvalue weighted by Gasteiger charge is -2.49. The molecule has 1 unspecified atom stereocenters. The molecule has 4 aromatic rings. The molecule has 46 heavy (non-hydrogen) atoms. The Balaban J connectivity index is 1.28. The maximum Gasteiger partial charge on any atom is 0.187 e. The molecule has 0 spiro atoms. The van der Waals surface area contributed by atoms with E-state index in [0.29, 0.717) is 36.3 Å². The predicted octanol–water partition coefficient (Wildman–Crippen LogP) is 7.49. The zero-order chi connectivity index (χ0) is 31.9. The van der Waals surface area contributed by atoms with Gasteiger partial charge in [-0.1, -0.05) is 72.3 Å². The second kappa shape index (κ2) is 15.9. The van der Waals surface area contributed by atoms with Crippen molar-refractivity contribution >= 4 is 34.2 Å². The molecule has 0 aliphatic carbocycles. The highest BCUT2D eigenvalue weighted by molar-refractivity contribution is 14.1. The van der Waals surface area contributed by atoms with Crippen LogP contribution in [0.3, 0.4) is 0 Å². The summed E-state index contributed by atoms with van der Waals surface area (Å²) in [6.07, 6.45) is -3.49. The van der Waals surface area contributed by atoms with Gasteiger partial charge in [0.05, 0.1) is 40.6 Å². The Hall–Kier alpha value is -2.74. The van der Waals surface area contributed by atoms with Crippen LogP contribution in [0, 0.1) is 3.57 Å². The van der Waals surface area contributed by atoms with Gasteiger partial charge in [-0.2, -0.15) is 0 Å². The third-order valence-electron chi connectivity index (χ3n) is 7.93. The van der Waals surface area contributed by atoms with E-state index in [-0.39, 0.29) is 6.61 Å². The molecule has 10 heteroatoms. The van der Waals surface area contributed by atoms with E-state index in [2.05, 4.69) is 34.7 Å². The summed E-state index contributed by atoms with van der Waals surface area (Å²) in [5.41, 5.74) is 3.80. The fraction of sp³-hybridized carbons (Fsp3) is 0.333. The number of rotatable bonds is 12. The Labute approximate surface area is 287 Å². The third-order valence-corrected chi connectivity index (χ3v) is 8.90. The molecule has 242 valence electrons. The van der Waals surface area contributed by atoms with E-state index >= 15 is 0 Å². The quantitative estimate of drug-likeness (QED) is 0.138. The zero-order valence-corrected chi connectivity index (χ0v) is 28.5. The van der Waals surface area contributed by atoms with Gasteiger partial charge < -0.3 is 37.9 Å². The van der Waals surface area contributed by atoms with Crippen molar-refractivity contribution in [1.82, 2.24) is 0 Å². The van der Waals surface area contributed by atoms with Gasteiger partial charge in [0.1, 0.15) is 24.4 Å². The van der Waals surface area contributed by atoms with Crippen LogP contribution < -0.4 is 9.47 Å². The summed E-state index contributed by atoms with van der Waals surface area (Å²) in [5.74, 6) is 1.26. The molecule has 2 aliphatic heterocycles. The average molecular weight is 759 g/mol. The largest absolute Gasteiger partial charge is 0.493 e. The van der Waals surface area contributed by atoms with Gasteiger partial charge in [-0.15, -0.1) is 0 Å². The standard InChI is InChI=1S/C36H36ClIO8/c1-39-29-17-12-25(18-30(29)40-2)21-43-36-34(42-20-24-10-15-28(38)16-11-24)33(41-19-23-8-13-27(37)14-9-23)32-31(45-36)22-44-35(46-32)26-6-4-3-5-7-26/h3-18,31-36H,19-22H2,1-2H3/t31-,32-,33+,34-,35?,36+/m1/s1. The molecule has 2 fully saturated rings. The van der Waals surface area contributed by atoms with Crippen LogP contribution >= 0.6 is 34.2 Å². The molecule has 0 aromatic heterocycles. The third kappa shape index (κ3) is 8.21. The number of hydrogen-bond donors (Lipinski definition) is 0. The highest BCUT2D eigenvalue weighted by Crippen LogP contribution is 2.38. The van der Waals surface area contributed by atoms with E-state index in [1.54, 1.807) is 14.2 Å². The van der Waals surface area contributed by atoms with Crippen molar-refractivity contribution in [1.29, 1.82) is 0 Å². The Kier molecular flexibility index (Phi) is 11.5. The molecule has 0 amide bonds. The van der Waals surface area contributed by atoms with E-state index < -0.39 is 37.0 Å². The van der Waals surface area contributed by atoms with Gasteiger partial charge in [0.15, 0.2) is 24.1 Å². The minimum absolute atomic E-state index is 0.240. The van der Waals surface area contributed by atoms with E-state index in [0.717, 1.165) is 25.8 Å². The van der Waals surface area contributed by atoms with Crippen LogP contribution in [0.4, 0.5) is 0 Å². The van der Waals surface area contributed by atoms with Gasteiger partial charge in [0.2, 0.25) is 0 Å². The topological polar surface area (TPSA) is 73.8 Å². The summed E-state index contributed by atoms with van der Waals surface area (Å²) in [6.45, 7) is 1.18. The lowest BCUT2D eigenvalue weighted by molar-refractivity contribution is -0.374. The van der Waals surface area contributed by atoms with Gasteiger partial charge in [0, 0.05) is 14.2 Å². The molecule has 6 atom stereocenters. The van der Waals surface area contributed by atoms with Crippen LogP contribution in [-0.2, 0) is 48.2 Å². The number of ether oxygens (including phenoxy) is 8. The Morgan fingerprint density at radius 1 is 0.696 bits per heavy atom. The first-order valence-electron chi connectivity index (χ1n) is 15.0. The van der Waals surface area contributed by atoms with Crippen molar-refractivity contribution in [3.8, 4) is 11.5 Å². The van der Waals surface area contributed by atoms with Crippen LogP contribution in [0.2, 0.25) is 5.02 Å². The van der Waals surface area contributed by atoms with Crippen molar-refractivity contribution < 1.29 is 37.9 Å². The first-order chi connectivity index (χ1) is 22.5. The minimum atomic E-state index is -0.783. The van der Waals surface area contributed by atoms with Crippen LogP contribution in [0.1, 0.15) is 28.5 Å². The summed E-state index contributed by atoms with van der Waals surface area (Å²) in [7, 11) is 3.21. The average Bonchev–Trinajstić information content (AvgIpc) is 3.10. The van der Waals surface area contributed by atoms with Crippen LogP contribution in [0.25, 0.3) is 0 Å². The smallest absolute Gasteiger partial charge is 0.187 e. The normalized spacial score (nSPS) is 24.3. The molecule has 0 N–H and O–H groups in total. The van der Waals surface area contributed by atoms with Crippen molar-refractivity contribution in [2.24, 2.45) is 0 Å². The Morgan fingerprint density at radius 2 is 1.33 bits per heavy atom. The summed E-state index contributed by atoms with van der Waals surface area (Å²) >= 11 is 8.45. The molecule has 2 aliphatic rings. The number of hydrogen-bond acceptors (Lipinski definition) is 8. The minimum Gasteiger partial charge on any atom is -0.493 e. The second-order valence-electron chi connectivity index (χ2n) is 11.0. The van der Waals surface area contributed by atoms with Gasteiger partial charge in [0.25, 0.3) is 0 Å². The summed E-state index contributed by atoms with van der Waals surface area (Å²) in [4.78, 5) is 0. The number of benzene rings is 4. The van der Waals surface area contributed by atoms with Crippen molar-refractivity contribution in [2.75, 3.05) is 20.8 Å². The summed E-state index contributed by atoms with van der Waals surface area (Å²) in [6, 6.07) is 31.3. The zero-order valence-electron chi connectivity index (χ0n) is 25.6. The van der Waals surface area contributed by atoms with Crippen molar-refractivity contribution in [2.45, 2.75) is 56.8 Å². The van der Waals surface area contributed by atoms with E-state index in [4.69, 9.17) is 49.5 Å². The molecule has 2 saturated heterocycles. The second-order valence-corrected chi connectivity index (χ2v) is 12.7. The van der Waals surface area contributed by atoms with Crippen molar-refractivity contribution in [3.63, 3.8) is 0 Å². The monoisotopic (exact) mass is 758 g/mol. The number of methoxy groups -OCH3 is 2. The van der Waals surface area contributed by atoms with Gasteiger partial charge in [-0.25, -0.2) is 0 Å². The number of fused-ring (bicyclic) bond motifs is 1.